The summed E-state index contributed by atoms with van der Waals surface area (Å²) in [5.74, 6) is 0.160. The zero-order valence-electron chi connectivity index (χ0n) is 17.8. The number of fused-ring (bicyclic) bond motifs is 1. The van der Waals surface area contributed by atoms with Gasteiger partial charge in [-0.2, -0.15) is 4.31 Å². The van der Waals surface area contributed by atoms with E-state index in [2.05, 4.69) is 41.4 Å². The number of rotatable bonds is 4. The highest BCUT2D eigenvalue weighted by Crippen LogP contribution is 2.52. The Balaban J connectivity index is 1.46. The molecule has 6 nitrogen and oxygen atoms in total. The molecule has 2 bridgehead atoms. The Bertz CT molecular complexity index is 906. The van der Waals surface area contributed by atoms with Crippen LogP contribution >= 0.6 is 0 Å². The minimum atomic E-state index is -3.31. The fourth-order valence-electron chi connectivity index (χ4n) is 6.58. The van der Waals surface area contributed by atoms with Crippen molar-refractivity contribution in [2.75, 3.05) is 18.8 Å². The van der Waals surface area contributed by atoms with Gasteiger partial charge < -0.3 is 10.2 Å². The zero-order chi connectivity index (χ0) is 20.9. The lowest BCUT2D eigenvalue weighted by Crippen LogP contribution is -2.64. The van der Waals surface area contributed by atoms with Crippen molar-refractivity contribution in [3.05, 3.63) is 35.9 Å². The number of benzene rings is 1. The summed E-state index contributed by atoms with van der Waals surface area (Å²) in [5, 5.41) is 3.87. The van der Waals surface area contributed by atoms with E-state index >= 15 is 0 Å². The van der Waals surface area contributed by atoms with Gasteiger partial charge in [-0.25, -0.2) is 8.42 Å². The highest BCUT2D eigenvalue weighted by atomic mass is 32.2. The van der Waals surface area contributed by atoms with E-state index in [4.69, 9.17) is 0 Å². The predicted molar refractivity (Wildman–Crippen MR) is 116 cm³/mol. The summed E-state index contributed by atoms with van der Waals surface area (Å²) in [4.78, 5) is 15.8. The van der Waals surface area contributed by atoms with Crippen LogP contribution in [-0.2, 0) is 21.2 Å². The van der Waals surface area contributed by atoms with Gasteiger partial charge in [0, 0.05) is 30.1 Å². The van der Waals surface area contributed by atoms with E-state index in [0.717, 1.165) is 32.1 Å². The molecule has 0 radical (unpaired) electrons. The van der Waals surface area contributed by atoms with Gasteiger partial charge in [0.25, 0.3) is 0 Å². The highest BCUT2D eigenvalue weighted by molar-refractivity contribution is 7.89. The second-order valence-corrected chi connectivity index (χ2v) is 12.0. The highest BCUT2D eigenvalue weighted by Gasteiger charge is 2.60. The summed E-state index contributed by atoms with van der Waals surface area (Å²) in [6, 6.07) is 11.4. The molecule has 1 aromatic rings. The first kappa shape index (κ1) is 20.5. The average Bonchev–Trinajstić information content (AvgIpc) is 3.07. The number of amides is 1. The topological polar surface area (TPSA) is 69.7 Å². The van der Waals surface area contributed by atoms with E-state index in [9.17, 15) is 13.2 Å². The lowest BCUT2D eigenvalue weighted by molar-refractivity contribution is -0.145. The maximum atomic E-state index is 13.7. The summed E-state index contributed by atoms with van der Waals surface area (Å²) in [6.45, 7) is 2.81. The summed E-state index contributed by atoms with van der Waals surface area (Å²) in [6.07, 6.45) is 6.76. The molecule has 4 aliphatic rings. The Morgan fingerprint density at radius 2 is 1.97 bits per heavy atom. The van der Waals surface area contributed by atoms with E-state index in [1.54, 1.807) is 0 Å². The maximum Gasteiger partial charge on any atom is 0.238 e. The lowest BCUT2D eigenvalue weighted by Gasteiger charge is -2.53. The molecule has 1 aliphatic carbocycles. The number of hydrogen-bond acceptors (Lipinski definition) is 4. The molecule has 1 N–H and O–H groups in total. The molecule has 5 atom stereocenters. The quantitative estimate of drug-likeness (QED) is 0.793. The van der Waals surface area contributed by atoms with Gasteiger partial charge in [0.1, 0.15) is 0 Å². The molecule has 30 heavy (non-hydrogen) atoms. The van der Waals surface area contributed by atoms with Gasteiger partial charge in [0.2, 0.25) is 15.9 Å². The summed E-state index contributed by atoms with van der Waals surface area (Å²) in [7, 11) is -3.31. The van der Waals surface area contributed by atoms with Crippen molar-refractivity contribution >= 4 is 15.9 Å². The van der Waals surface area contributed by atoms with Crippen molar-refractivity contribution in [2.24, 2.45) is 5.41 Å². The molecule has 0 spiro atoms. The fraction of sp³-hybridized carbons (Fsp3) is 0.696. The maximum absolute atomic E-state index is 13.7. The van der Waals surface area contributed by atoms with E-state index in [1.165, 1.54) is 16.3 Å². The standard InChI is InChI=1S/C23H33N3O3S/c1-23-15-18-19(14-17-8-3-2-4-9-17)26(21(23)11-7-10-20(23)24-18)22(27)16-25-12-5-6-13-30(25,28)29/h2-4,8-9,18-21,24H,5-7,10-16H2,1H3/t18-,19-,20-,21+,23-/m0/s1. The molecule has 7 heteroatoms. The molecule has 1 saturated carbocycles. The molecular formula is C23H33N3O3S. The second kappa shape index (κ2) is 7.61. The van der Waals surface area contributed by atoms with Crippen molar-refractivity contribution in [2.45, 2.75) is 76.0 Å². The third-order valence-corrected chi connectivity index (χ3v) is 10.0. The Labute approximate surface area is 180 Å². The lowest BCUT2D eigenvalue weighted by atomic mass is 9.64. The molecule has 3 aliphatic heterocycles. The number of nitrogens with zero attached hydrogens (tertiary/aromatic N) is 2. The van der Waals surface area contributed by atoms with Gasteiger partial charge in [-0.05, 0) is 50.5 Å². The molecule has 1 amide bonds. The van der Waals surface area contributed by atoms with Crippen molar-refractivity contribution in [3.63, 3.8) is 0 Å². The molecule has 4 fully saturated rings. The molecule has 5 rings (SSSR count). The molecular weight excluding hydrogens is 398 g/mol. The zero-order valence-corrected chi connectivity index (χ0v) is 18.6. The smallest absolute Gasteiger partial charge is 0.238 e. The van der Waals surface area contributed by atoms with Crippen LogP contribution in [0.4, 0.5) is 0 Å². The average molecular weight is 432 g/mol. The van der Waals surface area contributed by atoms with E-state index in [0.29, 0.717) is 19.0 Å². The van der Waals surface area contributed by atoms with Crippen molar-refractivity contribution in [3.8, 4) is 0 Å². The van der Waals surface area contributed by atoms with Crippen LogP contribution < -0.4 is 5.32 Å². The van der Waals surface area contributed by atoms with Gasteiger partial charge in [-0.15, -0.1) is 0 Å². The van der Waals surface area contributed by atoms with Crippen LogP contribution in [0.1, 0.15) is 51.0 Å². The third-order valence-electron chi connectivity index (χ3n) is 8.10. The first-order valence-electron chi connectivity index (χ1n) is 11.5. The molecule has 0 aromatic heterocycles. The third kappa shape index (κ3) is 3.39. The Morgan fingerprint density at radius 3 is 2.73 bits per heavy atom. The number of nitrogens with one attached hydrogen (secondary N) is 1. The van der Waals surface area contributed by atoms with Crippen LogP contribution in [0.3, 0.4) is 0 Å². The minimum absolute atomic E-state index is 0.00239. The summed E-state index contributed by atoms with van der Waals surface area (Å²) < 4.78 is 26.5. The normalized spacial score (nSPS) is 37.8. The molecule has 0 unspecified atom stereocenters. The Kier molecular flexibility index (Phi) is 5.19. The first-order valence-corrected chi connectivity index (χ1v) is 13.1. The van der Waals surface area contributed by atoms with Crippen molar-refractivity contribution in [1.29, 1.82) is 0 Å². The molecule has 164 valence electrons. The van der Waals surface area contributed by atoms with Crippen molar-refractivity contribution in [1.82, 2.24) is 14.5 Å². The molecule has 3 saturated heterocycles. The number of hydrogen-bond donors (Lipinski definition) is 1. The predicted octanol–water partition coefficient (Wildman–Crippen LogP) is 2.15. The number of likely N-dealkylation sites (tertiary alicyclic amines) is 1. The van der Waals surface area contributed by atoms with Gasteiger partial charge in [-0.1, -0.05) is 37.3 Å². The fourth-order valence-corrected chi connectivity index (χ4v) is 8.13. The van der Waals surface area contributed by atoms with E-state index in [-0.39, 0.29) is 41.7 Å². The largest absolute Gasteiger partial charge is 0.333 e. The Morgan fingerprint density at radius 1 is 1.17 bits per heavy atom. The van der Waals surface area contributed by atoms with Crippen LogP contribution in [0.5, 0.6) is 0 Å². The van der Waals surface area contributed by atoms with E-state index in [1.807, 2.05) is 6.07 Å². The number of carbonyl (C=O) groups is 1. The van der Waals surface area contributed by atoms with Crippen LogP contribution in [0.25, 0.3) is 0 Å². The van der Waals surface area contributed by atoms with Gasteiger partial charge in [0.15, 0.2) is 0 Å². The Hall–Kier alpha value is -1.44. The summed E-state index contributed by atoms with van der Waals surface area (Å²) >= 11 is 0. The van der Waals surface area contributed by atoms with Gasteiger partial charge in [-0.3, -0.25) is 4.79 Å². The SMILES string of the molecule is C[C@]12C[C@@H]3N[C@H]1CCC[C@H]2N(C(=O)CN1CCCCS1(=O)=O)[C@H]3Cc1ccccc1. The van der Waals surface area contributed by atoms with Crippen LogP contribution in [0.15, 0.2) is 30.3 Å². The molecule has 1 aromatic carbocycles. The number of sulfonamides is 1. The minimum Gasteiger partial charge on any atom is -0.333 e. The van der Waals surface area contributed by atoms with Crippen LogP contribution in [0, 0.1) is 5.41 Å². The molecule has 3 heterocycles. The van der Waals surface area contributed by atoms with Crippen molar-refractivity contribution < 1.29 is 13.2 Å². The number of piperidine rings is 1. The van der Waals surface area contributed by atoms with Crippen LogP contribution in [0.2, 0.25) is 0 Å². The van der Waals surface area contributed by atoms with Crippen LogP contribution in [-0.4, -0.2) is 66.5 Å². The monoisotopic (exact) mass is 431 g/mol. The first-order chi connectivity index (χ1) is 14.4. The van der Waals surface area contributed by atoms with Gasteiger partial charge >= 0.3 is 0 Å². The number of carbonyl (C=O) groups excluding carboxylic acids is 1. The summed E-state index contributed by atoms with van der Waals surface area (Å²) in [5.41, 5.74) is 1.32. The van der Waals surface area contributed by atoms with Gasteiger partial charge in [0.05, 0.1) is 18.3 Å². The second-order valence-electron chi connectivity index (χ2n) is 9.90. The van der Waals surface area contributed by atoms with E-state index < -0.39 is 10.0 Å².